The summed E-state index contributed by atoms with van der Waals surface area (Å²) in [6.07, 6.45) is 1.35. The van der Waals surface area contributed by atoms with Crippen LogP contribution in [-0.2, 0) is 21.1 Å². The topological polar surface area (TPSA) is 0 Å². The van der Waals surface area contributed by atoms with Crippen LogP contribution >= 0.6 is 0 Å². The molecule has 0 aromatic rings. The van der Waals surface area contributed by atoms with Crippen molar-refractivity contribution in [3.8, 4) is 0 Å². The van der Waals surface area contributed by atoms with Gasteiger partial charge in [-0.15, -0.1) is 0 Å². The van der Waals surface area contributed by atoms with Crippen LogP contribution in [0.25, 0.3) is 0 Å². The summed E-state index contributed by atoms with van der Waals surface area (Å²) in [6, 6.07) is 0. The number of hydrogen-bond acceptors (Lipinski definition) is 0. The minimum atomic E-state index is 0.884. The van der Waals surface area contributed by atoms with Crippen molar-refractivity contribution in [1.29, 1.82) is 0 Å². The van der Waals surface area contributed by atoms with Crippen LogP contribution in [0, 0.1) is 5.92 Å². The first-order valence-electron chi connectivity index (χ1n) is 2.28. The zero-order chi connectivity index (χ0) is 4.99. The van der Waals surface area contributed by atoms with Crippen molar-refractivity contribution in [1.82, 2.24) is 0 Å². The summed E-state index contributed by atoms with van der Waals surface area (Å²) in [5.74, 6) is 0.884. The van der Waals surface area contributed by atoms with Gasteiger partial charge >= 0.3 is 51.9 Å². The Morgan fingerprint density at radius 1 is 1.50 bits per heavy atom. The van der Waals surface area contributed by atoms with E-state index in [9.17, 15) is 0 Å². The Morgan fingerprint density at radius 2 is 2.00 bits per heavy atom. The van der Waals surface area contributed by atoms with Gasteiger partial charge in [0.15, 0.2) is 0 Å². The van der Waals surface area contributed by atoms with Crippen molar-refractivity contribution in [2.45, 2.75) is 24.9 Å². The Kier molecular flexibility index (Phi) is 4.40. The fourth-order valence-corrected chi connectivity index (χ4v) is 1.42. The van der Waals surface area contributed by atoms with Crippen LogP contribution in [0.1, 0.15) is 20.3 Å². The zero-order valence-electron chi connectivity index (χ0n) is 4.29. The van der Waals surface area contributed by atoms with E-state index in [1.807, 2.05) is 0 Å². The van der Waals surface area contributed by atoms with E-state index in [2.05, 4.69) is 34.9 Å². The second-order valence-electron chi connectivity index (χ2n) is 1.83. The third-order valence-corrected chi connectivity index (χ3v) is 1.29. The van der Waals surface area contributed by atoms with Crippen molar-refractivity contribution in [2.24, 2.45) is 5.92 Å². The average Bonchev–Trinajstić information content (AvgIpc) is 1.35. The van der Waals surface area contributed by atoms with Crippen molar-refractivity contribution in [3.63, 3.8) is 0 Å². The number of hydrogen-bond donors (Lipinski definition) is 0. The first-order valence-corrected chi connectivity index (χ1v) is 3.81. The normalized spacial score (nSPS) is 10.2. The molecule has 0 aliphatic heterocycles. The summed E-state index contributed by atoms with van der Waals surface area (Å²) in [5, 5.41) is 0. The first kappa shape index (κ1) is 6.74. The van der Waals surface area contributed by atoms with Gasteiger partial charge in [-0.2, -0.15) is 0 Å². The Morgan fingerprint density at radius 3 is 2.00 bits per heavy atom. The summed E-state index contributed by atoms with van der Waals surface area (Å²) >= 11 is 2.56. The third kappa shape index (κ3) is 4.74. The molecule has 0 N–H and O–H groups in total. The Hall–Kier alpha value is 0.740. The summed E-state index contributed by atoms with van der Waals surface area (Å²) in [6.45, 7) is 4.49. The molecule has 0 heterocycles. The summed E-state index contributed by atoms with van der Waals surface area (Å²) in [4.78, 5) is 0. The van der Waals surface area contributed by atoms with Gasteiger partial charge in [0.1, 0.15) is 0 Å². The van der Waals surface area contributed by atoms with Gasteiger partial charge in [0.25, 0.3) is 0 Å². The molecule has 0 spiro atoms. The van der Waals surface area contributed by atoms with Crippen molar-refractivity contribution < 1.29 is 21.1 Å². The molecular formula is C5H11Au. The second kappa shape index (κ2) is 3.91. The van der Waals surface area contributed by atoms with Crippen LogP contribution in [-0.4, -0.2) is 0 Å². The van der Waals surface area contributed by atoms with Crippen molar-refractivity contribution in [3.05, 3.63) is 0 Å². The summed E-state index contributed by atoms with van der Waals surface area (Å²) < 4.78 is 1.28. The molecule has 0 bridgehead atoms. The molecule has 0 atom stereocenters. The molecule has 0 aromatic carbocycles. The van der Waals surface area contributed by atoms with Crippen LogP contribution < -0.4 is 0 Å². The van der Waals surface area contributed by atoms with Gasteiger partial charge in [-0.25, -0.2) is 0 Å². The molecule has 0 rings (SSSR count). The molecule has 0 saturated carbocycles. The van der Waals surface area contributed by atoms with Crippen molar-refractivity contribution >= 4 is 0 Å². The van der Waals surface area contributed by atoms with Crippen LogP contribution in [0.5, 0.6) is 0 Å². The third-order valence-electron chi connectivity index (χ3n) is 0.664. The van der Waals surface area contributed by atoms with E-state index in [1.54, 1.807) is 0 Å². The van der Waals surface area contributed by atoms with Crippen LogP contribution in [0.2, 0.25) is 4.64 Å². The second-order valence-corrected chi connectivity index (χ2v) is 2.92. The van der Waals surface area contributed by atoms with E-state index in [0.29, 0.717) is 0 Å². The SMILES string of the molecule is CC(C)C[CH2][Au]. The molecule has 0 saturated heterocycles. The molecule has 0 aliphatic rings. The van der Waals surface area contributed by atoms with Crippen LogP contribution in [0.15, 0.2) is 0 Å². The van der Waals surface area contributed by atoms with E-state index < -0.39 is 0 Å². The molecule has 0 aliphatic carbocycles. The van der Waals surface area contributed by atoms with E-state index in [4.69, 9.17) is 0 Å². The molecule has 0 fully saturated rings. The van der Waals surface area contributed by atoms with Crippen LogP contribution in [0.4, 0.5) is 0 Å². The molecule has 0 amide bonds. The average molecular weight is 268 g/mol. The maximum absolute atomic E-state index is 2.56. The zero-order valence-corrected chi connectivity index (χ0v) is 6.46. The van der Waals surface area contributed by atoms with Gasteiger partial charge in [-0.1, -0.05) is 0 Å². The standard InChI is InChI=1S/C5H11.Au/c1-4-5(2)3;/h5H,1,4H2,2-3H3;. The van der Waals surface area contributed by atoms with Gasteiger partial charge in [0.05, 0.1) is 0 Å². The van der Waals surface area contributed by atoms with Gasteiger partial charge in [-0.05, 0) is 0 Å². The number of rotatable bonds is 2. The Labute approximate surface area is 52.2 Å². The molecule has 0 aromatic heterocycles. The molecule has 42 valence electrons. The molecule has 1 heteroatoms. The van der Waals surface area contributed by atoms with Gasteiger partial charge in [0.2, 0.25) is 0 Å². The predicted octanol–water partition coefficient (Wildman–Crippen LogP) is 2.00. The van der Waals surface area contributed by atoms with Gasteiger partial charge < -0.3 is 0 Å². The van der Waals surface area contributed by atoms with Gasteiger partial charge in [0, 0.05) is 0 Å². The maximum atomic E-state index is 2.56. The minimum absolute atomic E-state index is 0.884. The van der Waals surface area contributed by atoms with E-state index in [0.717, 1.165) is 5.92 Å². The molecule has 0 unspecified atom stereocenters. The van der Waals surface area contributed by atoms with E-state index in [1.165, 1.54) is 11.1 Å². The summed E-state index contributed by atoms with van der Waals surface area (Å²) in [7, 11) is 0. The molecule has 0 radical (unpaired) electrons. The monoisotopic (exact) mass is 268 g/mol. The fourth-order valence-electron chi connectivity index (χ4n) is 0.174. The van der Waals surface area contributed by atoms with Crippen molar-refractivity contribution in [2.75, 3.05) is 0 Å². The fraction of sp³-hybridized carbons (Fsp3) is 1.00. The quantitative estimate of drug-likeness (QED) is 0.672. The Bertz CT molecular complexity index is 25.1. The van der Waals surface area contributed by atoms with E-state index in [-0.39, 0.29) is 0 Å². The van der Waals surface area contributed by atoms with Crippen LogP contribution in [0.3, 0.4) is 0 Å². The predicted molar refractivity (Wildman–Crippen MR) is 24.3 cm³/mol. The molecule has 6 heavy (non-hydrogen) atoms. The first-order chi connectivity index (χ1) is 2.77. The molecular weight excluding hydrogens is 257 g/mol. The van der Waals surface area contributed by atoms with E-state index >= 15 is 0 Å². The van der Waals surface area contributed by atoms with Gasteiger partial charge in [-0.3, -0.25) is 0 Å². The molecule has 0 nitrogen and oxygen atoms in total. The summed E-state index contributed by atoms with van der Waals surface area (Å²) in [5.41, 5.74) is 0. The Balaban J connectivity index is 2.63.